The molecule has 2 aliphatic rings. The van der Waals surface area contributed by atoms with Gasteiger partial charge in [-0.3, -0.25) is 4.90 Å². The van der Waals surface area contributed by atoms with Gasteiger partial charge in [-0.25, -0.2) is 9.78 Å². The van der Waals surface area contributed by atoms with Crippen LogP contribution in [0.2, 0.25) is 0 Å². The fourth-order valence-electron chi connectivity index (χ4n) is 3.39. The minimum absolute atomic E-state index is 0.00552. The number of piperazine rings is 1. The van der Waals surface area contributed by atoms with Crippen molar-refractivity contribution in [1.82, 2.24) is 24.7 Å². The van der Waals surface area contributed by atoms with E-state index >= 15 is 0 Å². The lowest BCUT2D eigenvalue weighted by Crippen LogP contribution is -2.54. The first-order chi connectivity index (χ1) is 11.0. The molecule has 23 heavy (non-hydrogen) atoms. The molecule has 2 fully saturated rings. The Morgan fingerprint density at radius 3 is 2.96 bits per heavy atom. The number of amides is 2. The quantitative estimate of drug-likeness (QED) is 0.902. The monoisotopic (exact) mass is 321 g/mol. The van der Waals surface area contributed by atoms with Crippen molar-refractivity contribution in [3.05, 3.63) is 18.2 Å². The standard InChI is InChI=1S/C16H27N5O2/c1-16(5-4-10-23-16)12-18-15(22)21-9-8-19(2)13(11-21)14-17-6-7-20(14)3/h6-7,13H,4-5,8-12H2,1-3H3,(H,18,22). The van der Waals surface area contributed by atoms with E-state index in [0.717, 1.165) is 38.4 Å². The normalized spacial score (nSPS) is 29.0. The first-order valence-electron chi connectivity index (χ1n) is 8.33. The van der Waals surface area contributed by atoms with Crippen LogP contribution in [0, 0.1) is 0 Å². The van der Waals surface area contributed by atoms with E-state index in [2.05, 4.69) is 29.2 Å². The molecule has 2 saturated heterocycles. The lowest BCUT2D eigenvalue weighted by molar-refractivity contribution is 0.0208. The van der Waals surface area contributed by atoms with E-state index in [1.165, 1.54) is 0 Å². The van der Waals surface area contributed by atoms with E-state index in [1.807, 2.05) is 22.7 Å². The zero-order chi connectivity index (χ0) is 16.4. The average Bonchev–Trinajstić information content (AvgIpc) is 3.15. The number of hydrogen-bond acceptors (Lipinski definition) is 4. The smallest absolute Gasteiger partial charge is 0.317 e. The number of likely N-dealkylation sites (N-methyl/N-ethyl adjacent to an activating group) is 1. The molecule has 7 heteroatoms. The second-order valence-corrected chi connectivity index (χ2v) is 6.90. The van der Waals surface area contributed by atoms with Gasteiger partial charge >= 0.3 is 6.03 Å². The average molecular weight is 321 g/mol. The van der Waals surface area contributed by atoms with Gasteiger partial charge in [-0.2, -0.15) is 0 Å². The first kappa shape index (κ1) is 16.3. The molecule has 1 aromatic rings. The Bertz CT molecular complexity index is 552. The molecule has 2 unspecified atom stereocenters. The maximum absolute atomic E-state index is 12.5. The highest BCUT2D eigenvalue weighted by atomic mass is 16.5. The second-order valence-electron chi connectivity index (χ2n) is 6.90. The van der Waals surface area contributed by atoms with Gasteiger partial charge in [0.25, 0.3) is 0 Å². The predicted molar refractivity (Wildman–Crippen MR) is 87.1 cm³/mol. The van der Waals surface area contributed by atoms with Crippen LogP contribution in [0.5, 0.6) is 0 Å². The molecule has 0 spiro atoms. The number of carbonyl (C=O) groups excluding carboxylic acids is 1. The summed E-state index contributed by atoms with van der Waals surface area (Å²) < 4.78 is 7.76. The number of urea groups is 1. The van der Waals surface area contributed by atoms with Crippen LogP contribution in [0.1, 0.15) is 31.6 Å². The third kappa shape index (κ3) is 3.50. The number of imidazole rings is 1. The Labute approximate surface area is 137 Å². The van der Waals surface area contributed by atoms with Crippen molar-refractivity contribution in [3.63, 3.8) is 0 Å². The SMILES string of the molecule is CN1CCN(C(=O)NCC2(C)CCCO2)CC1c1nccn1C. The van der Waals surface area contributed by atoms with E-state index in [1.54, 1.807) is 6.20 Å². The van der Waals surface area contributed by atoms with Gasteiger partial charge in [-0.15, -0.1) is 0 Å². The molecule has 0 radical (unpaired) electrons. The molecule has 3 rings (SSSR count). The van der Waals surface area contributed by atoms with Gasteiger partial charge in [-0.05, 0) is 26.8 Å². The van der Waals surface area contributed by atoms with Crippen LogP contribution in [0.15, 0.2) is 12.4 Å². The summed E-state index contributed by atoms with van der Waals surface area (Å²) in [6.07, 6.45) is 5.83. The molecule has 0 saturated carbocycles. The predicted octanol–water partition coefficient (Wildman–Crippen LogP) is 0.987. The van der Waals surface area contributed by atoms with Crippen molar-refractivity contribution in [2.75, 3.05) is 39.8 Å². The van der Waals surface area contributed by atoms with E-state index in [0.29, 0.717) is 13.1 Å². The number of aromatic nitrogens is 2. The van der Waals surface area contributed by atoms with E-state index in [-0.39, 0.29) is 17.7 Å². The Kier molecular flexibility index (Phi) is 4.59. The van der Waals surface area contributed by atoms with Crippen molar-refractivity contribution < 1.29 is 9.53 Å². The van der Waals surface area contributed by atoms with Crippen LogP contribution in [-0.4, -0.2) is 70.8 Å². The van der Waals surface area contributed by atoms with E-state index in [9.17, 15) is 4.79 Å². The molecule has 1 N–H and O–H groups in total. The number of aryl methyl sites for hydroxylation is 1. The molecule has 2 aliphatic heterocycles. The number of carbonyl (C=O) groups is 1. The highest BCUT2D eigenvalue weighted by molar-refractivity contribution is 5.74. The number of nitrogens with zero attached hydrogens (tertiary/aromatic N) is 4. The molecule has 7 nitrogen and oxygen atoms in total. The lowest BCUT2D eigenvalue weighted by Gasteiger charge is -2.39. The minimum Gasteiger partial charge on any atom is -0.373 e. The van der Waals surface area contributed by atoms with Gasteiger partial charge in [0.05, 0.1) is 11.6 Å². The maximum atomic E-state index is 12.5. The third-order valence-electron chi connectivity index (χ3n) is 5.01. The Hall–Kier alpha value is -1.60. The Balaban J connectivity index is 1.59. The molecule has 0 aliphatic carbocycles. The fraction of sp³-hybridized carbons (Fsp3) is 0.750. The largest absolute Gasteiger partial charge is 0.373 e. The van der Waals surface area contributed by atoms with Crippen LogP contribution < -0.4 is 5.32 Å². The summed E-state index contributed by atoms with van der Waals surface area (Å²) >= 11 is 0. The molecule has 1 aromatic heterocycles. The Morgan fingerprint density at radius 2 is 2.30 bits per heavy atom. The van der Waals surface area contributed by atoms with Crippen molar-refractivity contribution in [1.29, 1.82) is 0 Å². The highest BCUT2D eigenvalue weighted by Gasteiger charge is 2.33. The highest BCUT2D eigenvalue weighted by Crippen LogP contribution is 2.25. The summed E-state index contributed by atoms with van der Waals surface area (Å²) in [7, 11) is 4.08. The van der Waals surface area contributed by atoms with Crippen molar-refractivity contribution >= 4 is 6.03 Å². The van der Waals surface area contributed by atoms with Crippen molar-refractivity contribution in [3.8, 4) is 0 Å². The number of hydrogen-bond donors (Lipinski definition) is 1. The van der Waals surface area contributed by atoms with Gasteiger partial charge in [0.15, 0.2) is 0 Å². The van der Waals surface area contributed by atoms with Gasteiger partial charge in [0.2, 0.25) is 0 Å². The molecule has 2 amide bonds. The second kappa shape index (κ2) is 6.49. The Morgan fingerprint density at radius 1 is 1.48 bits per heavy atom. The van der Waals surface area contributed by atoms with Crippen molar-refractivity contribution in [2.24, 2.45) is 7.05 Å². The molecule has 0 aromatic carbocycles. The minimum atomic E-state index is -0.207. The molecular weight excluding hydrogens is 294 g/mol. The molecular formula is C16H27N5O2. The van der Waals surface area contributed by atoms with Gasteiger partial charge < -0.3 is 19.5 Å². The summed E-state index contributed by atoms with van der Waals surface area (Å²) in [6.45, 7) is 5.68. The topological polar surface area (TPSA) is 62.6 Å². The molecule has 0 bridgehead atoms. The van der Waals surface area contributed by atoms with Gasteiger partial charge in [-0.1, -0.05) is 0 Å². The maximum Gasteiger partial charge on any atom is 0.317 e. The molecule has 3 heterocycles. The van der Waals surface area contributed by atoms with Crippen LogP contribution in [0.25, 0.3) is 0 Å². The first-order valence-corrected chi connectivity index (χ1v) is 8.33. The molecule has 2 atom stereocenters. The van der Waals surface area contributed by atoms with Crippen LogP contribution in [0.3, 0.4) is 0 Å². The summed E-state index contributed by atoms with van der Waals surface area (Å²) in [5.41, 5.74) is -0.207. The summed E-state index contributed by atoms with van der Waals surface area (Å²) in [5, 5.41) is 3.05. The molecule has 128 valence electrons. The van der Waals surface area contributed by atoms with E-state index < -0.39 is 0 Å². The third-order valence-corrected chi connectivity index (χ3v) is 5.01. The zero-order valence-corrected chi connectivity index (χ0v) is 14.3. The van der Waals surface area contributed by atoms with Gasteiger partial charge in [0.1, 0.15) is 5.82 Å². The number of rotatable bonds is 3. The van der Waals surface area contributed by atoms with Crippen LogP contribution >= 0.6 is 0 Å². The summed E-state index contributed by atoms with van der Waals surface area (Å²) in [4.78, 5) is 21.1. The number of nitrogens with one attached hydrogen (secondary N) is 1. The lowest BCUT2D eigenvalue weighted by atomic mass is 10.0. The van der Waals surface area contributed by atoms with Crippen LogP contribution in [0.4, 0.5) is 4.79 Å². The summed E-state index contributed by atoms with van der Waals surface area (Å²) in [6, 6.07) is 0.127. The van der Waals surface area contributed by atoms with Crippen molar-refractivity contribution in [2.45, 2.75) is 31.4 Å². The zero-order valence-electron chi connectivity index (χ0n) is 14.3. The van der Waals surface area contributed by atoms with E-state index in [4.69, 9.17) is 4.74 Å². The van der Waals surface area contributed by atoms with Crippen LogP contribution in [-0.2, 0) is 11.8 Å². The van der Waals surface area contributed by atoms with Gasteiger partial charge in [0, 0.05) is 52.2 Å². The summed E-state index contributed by atoms with van der Waals surface area (Å²) in [5.74, 6) is 0.996. The fourth-order valence-corrected chi connectivity index (χ4v) is 3.39. The number of ether oxygens (including phenoxy) is 1.